The van der Waals surface area contributed by atoms with E-state index in [0.29, 0.717) is 11.5 Å². The van der Waals surface area contributed by atoms with Crippen LogP contribution in [0.15, 0.2) is 24.3 Å². The minimum Gasteiger partial charge on any atom is -0.491 e. The molecule has 2 heterocycles. The number of piperidine rings is 1. The molecule has 2 bridgehead atoms. The first-order chi connectivity index (χ1) is 10.7. The van der Waals surface area contributed by atoms with Gasteiger partial charge in [-0.15, -0.1) is 0 Å². The number of ether oxygens (including phenoxy) is 2. The molecule has 0 saturated carbocycles. The number of alkyl halides is 1. The Morgan fingerprint density at radius 2 is 1.95 bits per heavy atom. The van der Waals surface area contributed by atoms with E-state index in [1.807, 2.05) is 12.1 Å². The number of halogens is 1. The van der Waals surface area contributed by atoms with Gasteiger partial charge in [-0.2, -0.15) is 0 Å². The highest BCUT2D eigenvalue weighted by Crippen LogP contribution is 2.37. The van der Waals surface area contributed by atoms with E-state index < -0.39 is 12.8 Å². The van der Waals surface area contributed by atoms with Gasteiger partial charge >= 0.3 is 6.09 Å². The van der Waals surface area contributed by atoms with Gasteiger partial charge in [-0.1, -0.05) is 6.07 Å². The van der Waals surface area contributed by atoms with Gasteiger partial charge in [0.2, 0.25) is 0 Å². The molecule has 2 fully saturated rings. The highest BCUT2D eigenvalue weighted by atomic mass is 19.1. The van der Waals surface area contributed by atoms with Crippen LogP contribution in [0.2, 0.25) is 0 Å². The fourth-order valence-electron chi connectivity index (χ4n) is 3.52. The minimum atomic E-state index is -0.826. The van der Waals surface area contributed by atoms with Crippen LogP contribution in [0.1, 0.15) is 25.7 Å². The van der Waals surface area contributed by atoms with E-state index in [-0.39, 0.29) is 24.8 Å². The van der Waals surface area contributed by atoms with E-state index in [4.69, 9.17) is 9.47 Å². The Bertz CT molecular complexity index is 525. The van der Waals surface area contributed by atoms with Crippen molar-refractivity contribution in [1.29, 1.82) is 0 Å². The maximum atomic E-state index is 12.1. The third-order valence-electron chi connectivity index (χ3n) is 4.36. The maximum absolute atomic E-state index is 12.1. The molecule has 2 saturated heterocycles. The molecule has 1 aromatic carbocycles. The Morgan fingerprint density at radius 3 is 2.59 bits per heavy atom. The van der Waals surface area contributed by atoms with Crippen molar-refractivity contribution in [3.05, 3.63) is 24.3 Å². The Morgan fingerprint density at radius 1 is 1.27 bits per heavy atom. The van der Waals surface area contributed by atoms with E-state index in [1.54, 1.807) is 17.0 Å². The molecule has 2 atom stereocenters. The fourth-order valence-corrected chi connectivity index (χ4v) is 3.52. The van der Waals surface area contributed by atoms with Gasteiger partial charge in [0, 0.05) is 31.0 Å². The molecule has 1 amide bonds. The summed E-state index contributed by atoms with van der Waals surface area (Å²) in [6.07, 6.45) is 2.46. The number of hydrogen-bond donors (Lipinski definition) is 1. The summed E-state index contributed by atoms with van der Waals surface area (Å²) in [5.41, 5.74) is 0. The van der Waals surface area contributed by atoms with Crippen molar-refractivity contribution in [3.8, 4) is 11.5 Å². The number of rotatable bonds is 5. The summed E-state index contributed by atoms with van der Waals surface area (Å²) in [6.45, 7) is -0.493. The lowest BCUT2D eigenvalue weighted by Gasteiger charge is -2.37. The molecule has 2 aliphatic rings. The smallest absolute Gasteiger partial charge is 0.407 e. The Hall–Kier alpha value is -1.98. The molecule has 1 aromatic rings. The summed E-state index contributed by atoms with van der Waals surface area (Å²) >= 11 is 0. The fraction of sp³-hybridized carbons (Fsp3) is 0.562. The molecular formula is C16H20FNO4. The molecule has 0 spiro atoms. The van der Waals surface area contributed by atoms with Crippen molar-refractivity contribution in [3.63, 3.8) is 0 Å². The lowest BCUT2D eigenvalue weighted by atomic mass is 10.0. The molecule has 0 radical (unpaired) electrons. The molecule has 0 aliphatic carbocycles. The van der Waals surface area contributed by atoms with Crippen LogP contribution in [-0.4, -0.2) is 47.6 Å². The van der Waals surface area contributed by atoms with Crippen molar-refractivity contribution in [2.75, 3.05) is 13.3 Å². The van der Waals surface area contributed by atoms with Gasteiger partial charge in [0.25, 0.3) is 0 Å². The van der Waals surface area contributed by atoms with Gasteiger partial charge in [0.1, 0.15) is 30.9 Å². The number of carbonyl (C=O) groups is 1. The highest BCUT2D eigenvalue weighted by molar-refractivity contribution is 5.66. The monoisotopic (exact) mass is 309 g/mol. The van der Waals surface area contributed by atoms with Gasteiger partial charge < -0.3 is 19.5 Å². The summed E-state index contributed by atoms with van der Waals surface area (Å²) in [5.74, 6) is 1.27. The van der Waals surface area contributed by atoms with E-state index in [2.05, 4.69) is 0 Å². The second-order valence-corrected chi connectivity index (χ2v) is 5.80. The zero-order valence-corrected chi connectivity index (χ0v) is 12.3. The van der Waals surface area contributed by atoms with Crippen LogP contribution in [0.25, 0.3) is 0 Å². The van der Waals surface area contributed by atoms with E-state index in [9.17, 15) is 14.3 Å². The van der Waals surface area contributed by atoms with Crippen LogP contribution in [0.3, 0.4) is 0 Å². The number of carboxylic acid groups (broad SMARTS) is 1. The summed E-state index contributed by atoms with van der Waals surface area (Å²) in [5, 5.41) is 9.25. The molecule has 2 unspecified atom stereocenters. The molecule has 22 heavy (non-hydrogen) atoms. The van der Waals surface area contributed by atoms with Crippen LogP contribution in [-0.2, 0) is 0 Å². The highest BCUT2D eigenvalue weighted by Gasteiger charge is 2.44. The quantitative estimate of drug-likeness (QED) is 0.908. The molecular weight excluding hydrogens is 289 g/mol. The molecule has 0 aromatic heterocycles. The Balaban J connectivity index is 1.62. The Kier molecular flexibility index (Phi) is 4.36. The number of hydrogen-bond acceptors (Lipinski definition) is 3. The first-order valence-corrected chi connectivity index (χ1v) is 7.64. The van der Waals surface area contributed by atoms with E-state index >= 15 is 0 Å². The van der Waals surface area contributed by atoms with Crippen molar-refractivity contribution in [1.82, 2.24) is 4.90 Å². The first kappa shape index (κ1) is 14.9. The Labute approximate surface area is 128 Å². The van der Waals surface area contributed by atoms with Crippen LogP contribution >= 0.6 is 0 Å². The molecule has 6 heteroatoms. The normalized spacial score (nSPS) is 26.8. The van der Waals surface area contributed by atoms with Crippen LogP contribution in [0, 0.1) is 0 Å². The second kappa shape index (κ2) is 6.42. The molecule has 120 valence electrons. The van der Waals surface area contributed by atoms with Crippen LogP contribution in [0.5, 0.6) is 11.5 Å². The summed E-state index contributed by atoms with van der Waals surface area (Å²) < 4.78 is 23.4. The second-order valence-electron chi connectivity index (χ2n) is 5.80. The van der Waals surface area contributed by atoms with Crippen molar-refractivity contribution >= 4 is 6.09 Å². The average Bonchev–Trinajstić information content (AvgIpc) is 2.78. The summed E-state index contributed by atoms with van der Waals surface area (Å²) in [6, 6.07) is 7.29. The van der Waals surface area contributed by atoms with Gasteiger partial charge in [-0.3, -0.25) is 0 Å². The number of amides is 1. The summed E-state index contributed by atoms with van der Waals surface area (Å²) in [7, 11) is 0. The predicted molar refractivity (Wildman–Crippen MR) is 78.2 cm³/mol. The van der Waals surface area contributed by atoms with Crippen molar-refractivity contribution in [2.24, 2.45) is 0 Å². The predicted octanol–water partition coefficient (Wildman–Crippen LogP) is 3.09. The zero-order chi connectivity index (χ0) is 15.5. The first-order valence-electron chi connectivity index (χ1n) is 7.64. The minimum absolute atomic E-state index is 0.0181. The molecule has 3 rings (SSSR count). The van der Waals surface area contributed by atoms with Crippen LogP contribution < -0.4 is 9.47 Å². The number of benzene rings is 1. The largest absolute Gasteiger partial charge is 0.491 e. The van der Waals surface area contributed by atoms with E-state index in [1.165, 1.54) is 0 Å². The zero-order valence-electron chi connectivity index (χ0n) is 12.3. The molecule has 1 N–H and O–H groups in total. The topological polar surface area (TPSA) is 59.0 Å². The standard InChI is InChI=1S/C16H20FNO4/c17-6-7-21-13-2-1-3-14(10-13)22-15-8-11-4-5-12(9-15)18(11)16(19)20/h1-3,10-12,15H,4-9H2,(H,19,20). The lowest BCUT2D eigenvalue weighted by Crippen LogP contribution is -2.48. The SMILES string of the molecule is O=C(O)N1C2CCC1CC(Oc1cccc(OCCF)c1)C2. The van der Waals surface area contributed by atoms with Gasteiger partial charge in [0.15, 0.2) is 0 Å². The maximum Gasteiger partial charge on any atom is 0.407 e. The van der Waals surface area contributed by atoms with E-state index in [0.717, 1.165) is 25.7 Å². The number of fused-ring (bicyclic) bond motifs is 2. The van der Waals surface area contributed by atoms with Crippen LogP contribution in [0.4, 0.5) is 9.18 Å². The third kappa shape index (κ3) is 3.10. The molecule has 5 nitrogen and oxygen atoms in total. The summed E-state index contributed by atoms with van der Waals surface area (Å²) in [4.78, 5) is 12.8. The van der Waals surface area contributed by atoms with Gasteiger partial charge in [-0.25, -0.2) is 9.18 Å². The molecule has 2 aliphatic heterocycles. The number of nitrogens with zero attached hydrogens (tertiary/aromatic N) is 1. The van der Waals surface area contributed by atoms with Crippen molar-refractivity contribution in [2.45, 2.75) is 43.9 Å². The third-order valence-corrected chi connectivity index (χ3v) is 4.36. The lowest BCUT2D eigenvalue weighted by molar-refractivity contribution is 0.0495. The average molecular weight is 309 g/mol. The van der Waals surface area contributed by atoms with Crippen molar-refractivity contribution < 1.29 is 23.8 Å². The van der Waals surface area contributed by atoms with Gasteiger partial charge in [-0.05, 0) is 25.0 Å². The van der Waals surface area contributed by atoms with Gasteiger partial charge in [0.05, 0.1) is 0 Å².